The van der Waals surface area contributed by atoms with E-state index in [-0.39, 0.29) is 51.2 Å². The highest BCUT2D eigenvalue weighted by atomic mass is 16.3. The molecule has 0 heterocycles. The Morgan fingerprint density at radius 3 is 1.88 bits per heavy atom. The molecule has 4 rings (SSSR count). The number of fused-ring (bicyclic) bond motifs is 3. The van der Waals surface area contributed by atoms with Crippen LogP contribution >= 0.6 is 0 Å². The Hall–Kier alpha value is -2.08. The van der Waals surface area contributed by atoms with E-state index in [2.05, 4.69) is 34.6 Å². The molecule has 0 amide bonds. The Balaban J connectivity index is 1.94. The van der Waals surface area contributed by atoms with E-state index in [0.717, 1.165) is 25.7 Å². The summed E-state index contributed by atoms with van der Waals surface area (Å²) in [6.45, 7) is 12.9. The molecule has 1 aromatic rings. The van der Waals surface area contributed by atoms with E-state index in [0.29, 0.717) is 30.8 Å². The van der Waals surface area contributed by atoms with Crippen molar-refractivity contribution in [3.8, 4) is 17.2 Å². The zero-order chi connectivity index (χ0) is 25.4. The first-order valence-electron chi connectivity index (χ1n) is 12.7. The van der Waals surface area contributed by atoms with Gasteiger partial charge in [0.25, 0.3) is 0 Å². The van der Waals surface area contributed by atoms with Crippen LogP contribution in [0.2, 0.25) is 0 Å². The summed E-state index contributed by atoms with van der Waals surface area (Å²) in [7, 11) is 0. The molecule has 4 N–H and O–H groups in total. The number of carbonyl (C=O) groups is 2. The highest BCUT2D eigenvalue weighted by Crippen LogP contribution is 2.76. The molecule has 7 atom stereocenters. The van der Waals surface area contributed by atoms with E-state index in [1.165, 1.54) is 0 Å². The van der Waals surface area contributed by atoms with E-state index < -0.39 is 22.8 Å². The third-order valence-corrected chi connectivity index (χ3v) is 10.1. The summed E-state index contributed by atoms with van der Waals surface area (Å²) < 4.78 is 0. The maximum Gasteiger partial charge on any atom is 0.157 e. The lowest BCUT2D eigenvalue weighted by Crippen LogP contribution is -2.42. The highest BCUT2D eigenvalue weighted by Gasteiger charge is 2.70. The average Bonchev–Trinajstić information content (AvgIpc) is 3.13. The largest absolute Gasteiger partial charge is 0.507 e. The van der Waals surface area contributed by atoms with Gasteiger partial charge < -0.3 is 20.4 Å². The smallest absolute Gasteiger partial charge is 0.157 e. The number of carbonyl (C=O) groups excluding carboxylic acids is 2. The molecule has 3 aliphatic carbocycles. The Labute approximate surface area is 202 Å². The Bertz CT molecular complexity index is 974. The Kier molecular flexibility index (Phi) is 5.87. The first-order valence-corrected chi connectivity index (χ1v) is 12.7. The van der Waals surface area contributed by atoms with Crippen LogP contribution in [0.4, 0.5) is 0 Å². The van der Waals surface area contributed by atoms with E-state index >= 15 is 0 Å². The van der Waals surface area contributed by atoms with Crippen molar-refractivity contribution in [2.45, 2.75) is 85.2 Å². The molecule has 0 bridgehead atoms. The van der Waals surface area contributed by atoms with E-state index in [9.17, 15) is 30.0 Å². The Morgan fingerprint density at radius 1 is 0.853 bits per heavy atom. The van der Waals surface area contributed by atoms with Gasteiger partial charge >= 0.3 is 0 Å². The number of hydrogen-bond donors (Lipinski definition) is 4. The molecular weight excluding hydrogens is 432 g/mol. The van der Waals surface area contributed by atoms with Crippen LogP contribution in [0.3, 0.4) is 0 Å². The van der Waals surface area contributed by atoms with Crippen molar-refractivity contribution < 1.29 is 30.0 Å². The molecule has 3 aliphatic rings. The standard InChI is InChI=1S/C28H40O6/c1-14(2)11-19(20-24(32)15(12-29)23(31)16(13-30)25(20)33)27(5)9-7-18-22(27)21-17(26(21,3)4)8-10-28(18,6)34/h12-14,17-19,21-22,31-34H,7-11H2,1-6H3/t17-,18-,19+,21-,22-,27-,28-/m0/s1. The molecule has 0 saturated heterocycles. The normalized spacial score (nSPS) is 36.9. The van der Waals surface area contributed by atoms with Gasteiger partial charge in [-0.3, -0.25) is 9.59 Å². The summed E-state index contributed by atoms with van der Waals surface area (Å²) >= 11 is 0. The summed E-state index contributed by atoms with van der Waals surface area (Å²) in [4.78, 5) is 23.6. The zero-order valence-corrected chi connectivity index (χ0v) is 21.3. The van der Waals surface area contributed by atoms with E-state index in [1.54, 1.807) is 0 Å². The zero-order valence-electron chi connectivity index (χ0n) is 21.3. The van der Waals surface area contributed by atoms with E-state index in [1.807, 2.05) is 6.92 Å². The highest BCUT2D eigenvalue weighted by molar-refractivity contribution is 5.95. The SMILES string of the molecule is CC(C)C[C@H](c1c(O)c(C=O)c(O)c(C=O)c1O)[C@]1(C)CC[C@H]2[C@H]1[C@@H]1[C@H](CC[C@]2(C)O)C1(C)C. The Morgan fingerprint density at radius 2 is 1.38 bits per heavy atom. The van der Waals surface area contributed by atoms with Crippen LogP contribution in [0.15, 0.2) is 0 Å². The molecule has 1 aromatic carbocycles. The van der Waals surface area contributed by atoms with Gasteiger partial charge in [-0.05, 0) is 85.4 Å². The molecule has 0 spiro atoms. The lowest BCUT2D eigenvalue weighted by molar-refractivity contribution is -0.0441. The third kappa shape index (κ3) is 3.39. The predicted octanol–water partition coefficient (Wildman–Crippen LogP) is 5.41. The van der Waals surface area contributed by atoms with Gasteiger partial charge in [-0.25, -0.2) is 0 Å². The molecule has 3 fully saturated rings. The lowest BCUT2D eigenvalue weighted by atomic mass is 9.59. The maximum atomic E-state index is 11.8. The predicted molar refractivity (Wildman–Crippen MR) is 129 cm³/mol. The summed E-state index contributed by atoms with van der Waals surface area (Å²) in [5.74, 6) is -0.524. The number of phenols is 3. The minimum Gasteiger partial charge on any atom is -0.507 e. The molecule has 188 valence electrons. The number of phenolic OH excluding ortho intramolecular Hbond substituents is 3. The molecule has 6 nitrogen and oxygen atoms in total. The molecule has 0 aromatic heterocycles. The fourth-order valence-corrected chi connectivity index (χ4v) is 8.23. The van der Waals surface area contributed by atoms with Gasteiger partial charge in [0.05, 0.1) is 16.7 Å². The van der Waals surface area contributed by atoms with Crippen LogP contribution in [-0.2, 0) is 0 Å². The molecule has 34 heavy (non-hydrogen) atoms. The number of benzene rings is 1. The van der Waals surface area contributed by atoms with Crippen molar-refractivity contribution in [3.63, 3.8) is 0 Å². The molecular formula is C28H40O6. The second-order valence-corrected chi connectivity index (χ2v) is 12.7. The number of aliphatic hydroxyl groups is 1. The van der Waals surface area contributed by atoms with Gasteiger partial charge in [0.15, 0.2) is 12.6 Å². The number of rotatable bonds is 6. The van der Waals surface area contributed by atoms with Crippen molar-refractivity contribution in [2.24, 2.45) is 40.4 Å². The quantitative estimate of drug-likeness (QED) is 0.412. The molecule has 0 unspecified atom stereocenters. The summed E-state index contributed by atoms with van der Waals surface area (Å²) in [6.07, 6.45) is 4.71. The van der Waals surface area contributed by atoms with Gasteiger partial charge in [0.2, 0.25) is 0 Å². The van der Waals surface area contributed by atoms with Gasteiger partial charge in [0.1, 0.15) is 17.2 Å². The fraction of sp³-hybridized carbons (Fsp3) is 0.714. The van der Waals surface area contributed by atoms with Gasteiger partial charge in [-0.1, -0.05) is 34.6 Å². The van der Waals surface area contributed by atoms with Crippen molar-refractivity contribution in [3.05, 3.63) is 16.7 Å². The van der Waals surface area contributed by atoms with Crippen LogP contribution in [-0.4, -0.2) is 38.6 Å². The minimum atomic E-state index is -0.782. The molecule has 6 heteroatoms. The second kappa shape index (κ2) is 7.97. The van der Waals surface area contributed by atoms with Crippen LogP contribution in [0.25, 0.3) is 0 Å². The van der Waals surface area contributed by atoms with Crippen LogP contribution in [0.1, 0.15) is 106 Å². The number of aldehydes is 2. The lowest BCUT2D eigenvalue weighted by Gasteiger charge is -2.45. The molecule has 3 saturated carbocycles. The second-order valence-electron chi connectivity index (χ2n) is 12.7. The third-order valence-electron chi connectivity index (χ3n) is 10.1. The molecule has 0 aliphatic heterocycles. The first kappa shape index (κ1) is 25.0. The van der Waals surface area contributed by atoms with Crippen LogP contribution in [0, 0.1) is 40.4 Å². The average molecular weight is 473 g/mol. The summed E-state index contributed by atoms with van der Waals surface area (Å²) in [6, 6.07) is 0. The van der Waals surface area contributed by atoms with E-state index in [4.69, 9.17) is 0 Å². The summed E-state index contributed by atoms with van der Waals surface area (Å²) in [5.41, 5.74) is -1.55. The van der Waals surface area contributed by atoms with Gasteiger partial charge in [0, 0.05) is 5.56 Å². The monoisotopic (exact) mass is 472 g/mol. The topological polar surface area (TPSA) is 115 Å². The van der Waals surface area contributed by atoms with Crippen LogP contribution < -0.4 is 0 Å². The van der Waals surface area contributed by atoms with Crippen molar-refractivity contribution in [1.29, 1.82) is 0 Å². The van der Waals surface area contributed by atoms with Crippen molar-refractivity contribution >= 4 is 12.6 Å². The van der Waals surface area contributed by atoms with Crippen molar-refractivity contribution in [1.82, 2.24) is 0 Å². The van der Waals surface area contributed by atoms with Crippen LogP contribution in [0.5, 0.6) is 17.2 Å². The maximum absolute atomic E-state index is 11.8. The molecule has 0 radical (unpaired) electrons. The minimum absolute atomic E-state index is 0.0985. The van der Waals surface area contributed by atoms with Gasteiger partial charge in [-0.15, -0.1) is 0 Å². The van der Waals surface area contributed by atoms with Gasteiger partial charge in [-0.2, -0.15) is 0 Å². The van der Waals surface area contributed by atoms with Crippen molar-refractivity contribution in [2.75, 3.05) is 0 Å². The fourth-order valence-electron chi connectivity index (χ4n) is 8.23. The summed E-state index contributed by atoms with van der Waals surface area (Å²) in [5, 5.41) is 44.1. The number of aromatic hydroxyl groups is 3. The number of hydrogen-bond acceptors (Lipinski definition) is 6. The first-order chi connectivity index (χ1) is 15.7.